The second-order valence-electron chi connectivity index (χ2n) is 4.01. The Morgan fingerprint density at radius 1 is 1.32 bits per heavy atom. The molecule has 0 aliphatic rings. The normalized spacial score (nSPS) is 10.5. The van der Waals surface area contributed by atoms with Gasteiger partial charge in [0.25, 0.3) is 5.56 Å². The summed E-state index contributed by atoms with van der Waals surface area (Å²) in [6.07, 6.45) is 0. The standard InChI is InChI=1S/C13H10BrFN2O2/c1-7-12(14)16-11(8(2)18)13(19)17(7)10-5-3-9(15)4-6-10/h3-6H,1-2H3. The number of nitrogens with zero attached hydrogens (tertiary/aromatic N) is 2. The smallest absolute Gasteiger partial charge is 0.284 e. The SMILES string of the molecule is CC(=O)c1nc(Br)c(C)n(-c2ccc(F)cc2)c1=O. The van der Waals surface area contributed by atoms with Crippen molar-refractivity contribution in [2.24, 2.45) is 0 Å². The van der Waals surface area contributed by atoms with Gasteiger partial charge in [-0.05, 0) is 47.1 Å². The van der Waals surface area contributed by atoms with Gasteiger partial charge in [0.05, 0.1) is 5.69 Å². The lowest BCUT2D eigenvalue weighted by atomic mass is 10.2. The number of halogens is 2. The zero-order valence-corrected chi connectivity index (χ0v) is 11.9. The Hall–Kier alpha value is -1.82. The van der Waals surface area contributed by atoms with Crippen LogP contribution in [0.5, 0.6) is 0 Å². The van der Waals surface area contributed by atoms with Crippen LogP contribution in [-0.4, -0.2) is 15.3 Å². The number of aromatic nitrogens is 2. The van der Waals surface area contributed by atoms with Crippen molar-refractivity contribution in [3.8, 4) is 5.69 Å². The van der Waals surface area contributed by atoms with Crippen molar-refractivity contribution in [2.45, 2.75) is 13.8 Å². The average Bonchev–Trinajstić information content (AvgIpc) is 2.36. The summed E-state index contributed by atoms with van der Waals surface area (Å²) in [5.74, 6) is -0.809. The minimum absolute atomic E-state index is 0.151. The van der Waals surface area contributed by atoms with Gasteiger partial charge in [0, 0.05) is 12.6 Å². The van der Waals surface area contributed by atoms with E-state index in [0.717, 1.165) is 0 Å². The number of hydrogen-bond donors (Lipinski definition) is 0. The lowest BCUT2D eigenvalue weighted by Crippen LogP contribution is -2.28. The Bertz CT molecular complexity index is 708. The second-order valence-corrected chi connectivity index (χ2v) is 4.76. The van der Waals surface area contributed by atoms with Gasteiger partial charge in [-0.3, -0.25) is 14.2 Å². The van der Waals surface area contributed by atoms with Gasteiger partial charge in [0.15, 0.2) is 11.5 Å². The molecule has 19 heavy (non-hydrogen) atoms. The molecule has 0 aliphatic carbocycles. The number of carbonyl (C=O) groups is 1. The van der Waals surface area contributed by atoms with Gasteiger partial charge >= 0.3 is 0 Å². The van der Waals surface area contributed by atoms with E-state index in [-0.39, 0.29) is 5.69 Å². The largest absolute Gasteiger partial charge is 0.293 e. The highest BCUT2D eigenvalue weighted by molar-refractivity contribution is 9.10. The van der Waals surface area contributed by atoms with Crippen molar-refractivity contribution in [1.82, 2.24) is 9.55 Å². The maximum Gasteiger partial charge on any atom is 0.284 e. The van der Waals surface area contributed by atoms with E-state index in [9.17, 15) is 14.0 Å². The van der Waals surface area contributed by atoms with Gasteiger partial charge in [-0.1, -0.05) is 0 Å². The number of ketones is 1. The van der Waals surface area contributed by atoms with Gasteiger partial charge in [-0.2, -0.15) is 0 Å². The van der Waals surface area contributed by atoms with E-state index in [0.29, 0.717) is 16.0 Å². The minimum Gasteiger partial charge on any atom is -0.293 e. The second kappa shape index (κ2) is 5.05. The number of Topliss-reactive ketones (excluding diaryl/α,β-unsaturated/α-hetero) is 1. The zero-order chi connectivity index (χ0) is 14.2. The molecule has 0 radical (unpaired) electrons. The van der Waals surface area contributed by atoms with Gasteiger partial charge in [0.1, 0.15) is 10.4 Å². The Labute approximate surface area is 117 Å². The Balaban J connectivity index is 2.79. The van der Waals surface area contributed by atoms with Crippen LogP contribution in [0.4, 0.5) is 4.39 Å². The molecule has 0 atom stereocenters. The van der Waals surface area contributed by atoms with Crippen LogP contribution in [0.1, 0.15) is 23.1 Å². The van der Waals surface area contributed by atoms with Crippen molar-refractivity contribution in [3.63, 3.8) is 0 Å². The summed E-state index contributed by atoms with van der Waals surface area (Å²) in [4.78, 5) is 27.6. The molecular formula is C13H10BrFN2O2. The van der Waals surface area contributed by atoms with E-state index in [1.165, 1.54) is 35.8 Å². The molecule has 4 nitrogen and oxygen atoms in total. The third-order valence-electron chi connectivity index (χ3n) is 2.67. The minimum atomic E-state index is -0.514. The predicted molar refractivity (Wildman–Crippen MR) is 72.2 cm³/mol. The highest BCUT2D eigenvalue weighted by Gasteiger charge is 2.16. The fraction of sp³-hybridized carbons (Fsp3) is 0.154. The number of hydrogen-bond acceptors (Lipinski definition) is 3. The monoisotopic (exact) mass is 324 g/mol. The first kappa shape index (κ1) is 13.6. The maximum atomic E-state index is 12.9. The first-order chi connectivity index (χ1) is 8.91. The fourth-order valence-corrected chi connectivity index (χ4v) is 2.06. The van der Waals surface area contributed by atoms with E-state index in [1.807, 2.05) is 0 Å². The van der Waals surface area contributed by atoms with Crippen LogP contribution in [-0.2, 0) is 0 Å². The van der Waals surface area contributed by atoms with E-state index in [4.69, 9.17) is 0 Å². The van der Waals surface area contributed by atoms with Crippen molar-refractivity contribution >= 4 is 21.7 Å². The van der Waals surface area contributed by atoms with Gasteiger partial charge in [0.2, 0.25) is 0 Å². The summed E-state index contributed by atoms with van der Waals surface area (Å²) in [5, 5.41) is 0. The van der Waals surface area contributed by atoms with Crippen LogP contribution in [0.2, 0.25) is 0 Å². The van der Waals surface area contributed by atoms with Crippen molar-refractivity contribution < 1.29 is 9.18 Å². The summed E-state index contributed by atoms with van der Waals surface area (Å²) in [5.41, 5.74) is 0.359. The predicted octanol–water partition coefficient (Wildman–Crippen LogP) is 2.65. The molecule has 2 aromatic rings. The molecule has 0 saturated heterocycles. The lowest BCUT2D eigenvalue weighted by molar-refractivity contribution is 0.101. The van der Waals surface area contributed by atoms with E-state index >= 15 is 0 Å². The Morgan fingerprint density at radius 3 is 2.42 bits per heavy atom. The molecule has 0 aliphatic heterocycles. The van der Waals surface area contributed by atoms with Gasteiger partial charge < -0.3 is 0 Å². The molecule has 6 heteroatoms. The average molecular weight is 325 g/mol. The van der Waals surface area contributed by atoms with Crippen LogP contribution < -0.4 is 5.56 Å². The van der Waals surface area contributed by atoms with Gasteiger partial charge in [-0.25, -0.2) is 9.37 Å². The van der Waals surface area contributed by atoms with Crippen molar-refractivity contribution in [3.05, 3.63) is 56.4 Å². The van der Waals surface area contributed by atoms with Crippen LogP contribution in [0.15, 0.2) is 33.7 Å². The molecule has 0 saturated carbocycles. The number of rotatable bonds is 2. The summed E-state index contributed by atoms with van der Waals surface area (Å²) < 4.78 is 14.7. The van der Waals surface area contributed by atoms with Crippen LogP contribution in [0.25, 0.3) is 5.69 Å². The van der Waals surface area contributed by atoms with E-state index < -0.39 is 17.2 Å². The van der Waals surface area contributed by atoms with Crippen LogP contribution in [0.3, 0.4) is 0 Å². The molecule has 1 aromatic carbocycles. The zero-order valence-electron chi connectivity index (χ0n) is 10.3. The van der Waals surface area contributed by atoms with Crippen molar-refractivity contribution in [1.29, 1.82) is 0 Å². The number of benzene rings is 1. The summed E-state index contributed by atoms with van der Waals surface area (Å²) >= 11 is 3.21. The highest BCUT2D eigenvalue weighted by Crippen LogP contribution is 2.16. The molecule has 0 amide bonds. The summed E-state index contributed by atoms with van der Waals surface area (Å²) in [6, 6.07) is 5.45. The molecule has 0 N–H and O–H groups in total. The molecule has 0 spiro atoms. The molecule has 98 valence electrons. The first-order valence-electron chi connectivity index (χ1n) is 5.48. The van der Waals surface area contributed by atoms with Crippen LogP contribution >= 0.6 is 15.9 Å². The highest BCUT2D eigenvalue weighted by atomic mass is 79.9. The summed E-state index contributed by atoms with van der Waals surface area (Å²) in [7, 11) is 0. The van der Waals surface area contributed by atoms with E-state index in [2.05, 4.69) is 20.9 Å². The Kier molecular flexibility index (Phi) is 3.61. The third kappa shape index (κ3) is 2.49. The third-order valence-corrected chi connectivity index (χ3v) is 3.42. The van der Waals surface area contributed by atoms with Crippen molar-refractivity contribution in [2.75, 3.05) is 0 Å². The molecule has 2 rings (SSSR count). The fourth-order valence-electron chi connectivity index (χ4n) is 1.71. The molecule has 0 bridgehead atoms. The topological polar surface area (TPSA) is 52.0 Å². The quantitative estimate of drug-likeness (QED) is 0.798. The molecular weight excluding hydrogens is 315 g/mol. The van der Waals surface area contributed by atoms with Gasteiger partial charge in [-0.15, -0.1) is 0 Å². The number of carbonyl (C=O) groups excluding carboxylic acids is 1. The molecule has 0 fully saturated rings. The molecule has 1 aromatic heterocycles. The first-order valence-corrected chi connectivity index (χ1v) is 6.27. The maximum absolute atomic E-state index is 12.9. The summed E-state index contributed by atoms with van der Waals surface area (Å²) in [6.45, 7) is 2.96. The Morgan fingerprint density at radius 2 is 1.89 bits per heavy atom. The van der Waals surface area contributed by atoms with Crippen LogP contribution in [0, 0.1) is 12.7 Å². The molecule has 1 heterocycles. The van der Waals surface area contributed by atoms with E-state index in [1.54, 1.807) is 6.92 Å². The lowest BCUT2D eigenvalue weighted by Gasteiger charge is -2.12. The molecule has 0 unspecified atom stereocenters.